The smallest absolute Gasteiger partial charge is 0.338 e. The number of phenols is 1. The van der Waals surface area contributed by atoms with Gasteiger partial charge in [-0.25, -0.2) is 4.79 Å². The molecule has 0 bridgehead atoms. The summed E-state index contributed by atoms with van der Waals surface area (Å²) in [5.74, 6) is 0.915. The average Bonchev–Trinajstić information content (AvgIpc) is 3.49. The van der Waals surface area contributed by atoms with Crippen LogP contribution in [0.1, 0.15) is 33.9 Å². The van der Waals surface area contributed by atoms with Gasteiger partial charge < -0.3 is 24.5 Å². The Morgan fingerprint density at radius 2 is 1.82 bits per heavy atom. The number of aromatic hydroxyl groups is 1. The number of nitrogens with zero attached hydrogens (tertiary/aromatic N) is 2. The summed E-state index contributed by atoms with van der Waals surface area (Å²) in [4.78, 5) is 18.8. The number of esters is 1. The minimum atomic E-state index is -0.436. The lowest BCUT2D eigenvalue weighted by Crippen LogP contribution is -2.29. The average molecular weight is 472 g/mol. The van der Waals surface area contributed by atoms with Crippen LogP contribution in [0.5, 0.6) is 5.75 Å². The zero-order valence-electron chi connectivity index (χ0n) is 18.2. The lowest BCUT2D eigenvalue weighted by Gasteiger charge is -2.26. The SMILES string of the molecule is COC(=O)c1ccccc1-c1ccc([C@H]2[C@H](c3ccccn3)NC(=S)N2c2ccc(O)cc2)o1. The fraction of sp³-hybridized carbons (Fsp3) is 0.115. The van der Waals surface area contributed by atoms with Crippen molar-refractivity contribution in [2.24, 2.45) is 0 Å². The van der Waals surface area contributed by atoms with Gasteiger partial charge in [0.2, 0.25) is 0 Å². The predicted molar refractivity (Wildman–Crippen MR) is 132 cm³/mol. The maximum absolute atomic E-state index is 12.3. The van der Waals surface area contributed by atoms with Gasteiger partial charge in [0.25, 0.3) is 0 Å². The van der Waals surface area contributed by atoms with Crippen molar-refractivity contribution in [1.29, 1.82) is 0 Å². The molecule has 0 saturated carbocycles. The highest BCUT2D eigenvalue weighted by molar-refractivity contribution is 7.80. The maximum atomic E-state index is 12.3. The number of nitrogens with one attached hydrogen (secondary N) is 1. The summed E-state index contributed by atoms with van der Waals surface area (Å²) >= 11 is 5.70. The van der Waals surface area contributed by atoms with Crippen molar-refractivity contribution in [2.75, 3.05) is 12.0 Å². The molecule has 0 amide bonds. The summed E-state index contributed by atoms with van der Waals surface area (Å²) < 4.78 is 11.3. The van der Waals surface area contributed by atoms with E-state index in [2.05, 4.69) is 10.3 Å². The number of ether oxygens (including phenoxy) is 1. The normalized spacial score (nSPS) is 17.4. The van der Waals surface area contributed by atoms with Gasteiger partial charge in [-0.3, -0.25) is 4.98 Å². The van der Waals surface area contributed by atoms with Crippen molar-refractivity contribution in [3.05, 3.63) is 102 Å². The Morgan fingerprint density at radius 1 is 1.06 bits per heavy atom. The molecular formula is C26H21N3O4S. The topological polar surface area (TPSA) is 87.8 Å². The van der Waals surface area contributed by atoms with Gasteiger partial charge in [-0.05, 0) is 66.8 Å². The van der Waals surface area contributed by atoms with Crippen molar-refractivity contribution < 1.29 is 19.1 Å². The van der Waals surface area contributed by atoms with E-state index in [1.165, 1.54) is 7.11 Å². The van der Waals surface area contributed by atoms with Gasteiger partial charge in [0.05, 0.1) is 24.4 Å². The molecule has 1 saturated heterocycles. The zero-order valence-corrected chi connectivity index (χ0v) is 19.0. The fourth-order valence-corrected chi connectivity index (χ4v) is 4.52. The van der Waals surface area contributed by atoms with Crippen LogP contribution in [0.25, 0.3) is 11.3 Å². The Labute approximate surface area is 201 Å². The quantitative estimate of drug-likeness (QED) is 0.310. The number of aromatic nitrogens is 1. The minimum Gasteiger partial charge on any atom is -0.508 e. The van der Waals surface area contributed by atoms with E-state index in [1.807, 2.05) is 47.4 Å². The van der Waals surface area contributed by atoms with Crippen LogP contribution in [-0.4, -0.2) is 28.3 Å². The zero-order chi connectivity index (χ0) is 23.7. The van der Waals surface area contributed by atoms with E-state index in [4.69, 9.17) is 21.4 Å². The summed E-state index contributed by atoms with van der Waals surface area (Å²) in [6.45, 7) is 0. The molecule has 1 aliphatic rings. The van der Waals surface area contributed by atoms with Crippen molar-refractivity contribution in [3.63, 3.8) is 0 Å². The molecule has 4 aromatic rings. The van der Waals surface area contributed by atoms with E-state index in [1.54, 1.807) is 42.6 Å². The number of pyridine rings is 1. The lowest BCUT2D eigenvalue weighted by atomic mass is 10.0. The van der Waals surface area contributed by atoms with E-state index in [0.29, 0.717) is 27.8 Å². The molecule has 2 atom stereocenters. The molecular weight excluding hydrogens is 450 g/mol. The molecule has 8 heteroatoms. The molecule has 0 aliphatic carbocycles. The monoisotopic (exact) mass is 471 g/mol. The Hall–Kier alpha value is -4.17. The number of carbonyl (C=O) groups is 1. The van der Waals surface area contributed by atoms with E-state index in [-0.39, 0.29) is 17.8 Å². The number of rotatable bonds is 5. The number of furan rings is 1. The van der Waals surface area contributed by atoms with E-state index in [0.717, 1.165) is 11.4 Å². The molecule has 2 aromatic heterocycles. The first-order valence-corrected chi connectivity index (χ1v) is 11.0. The second-order valence-electron chi connectivity index (χ2n) is 7.75. The van der Waals surface area contributed by atoms with Crippen LogP contribution in [0.2, 0.25) is 0 Å². The second kappa shape index (κ2) is 8.99. The second-order valence-corrected chi connectivity index (χ2v) is 8.14. The number of methoxy groups -OCH3 is 1. The number of hydrogen-bond donors (Lipinski definition) is 2. The molecule has 3 heterocycles. The Balaban J connectivity index is 1.60. The number of anilines is 1. The summed E-state index contributed by atoms with van der Waals surface area (Å²) in [5.41, 5.74) is 2.66. The molecule has 5 rings (SSSR count). The first-order chi connectivity index (χ1) is 16.6. The van der Waals surface area contributed by atoms with Crippen LogP contribution < -0.4 is 10.2 Å². The standard InChI is InChI=1S/C26H21N3O4S/c1-32-25(31)19-7-3-2-6-18(19)21-13-14-22(33-21)24-23(20-8-4-5-15-27-20)28-26(34)29(24)16-9-11-17(30)12-10-16/h2-15,23-24,30H,1H3,(H,28,34)/t23-,24-/m0/s1. The van der Waals surface area contributed by atoms with E-state index < -0.39 is 5.97 Å². The number of thiocarbonyl (C=S) groups is 1. The molecule has 0 radical (unpaired) electrons. The maximum Gasteiger partial charge on any atom is 0.338 e. The minimum absolute atomic E-state index is 0.166. The van der Waals surface area contributed by atoms with Crippen molar-refractivity contribution in [1.82, 2.24) is 10.3 Å². The van der Waals surface area contributed by atoms with Crippen LogP contribution >= 0.6 is 12.2 Å². The number of phenolic OH excluding ortho intramolecular Hbond substituents is 1. The molecule has 0 unspecified atom stereocenters. The van der Waals surface area contributed by atoms with Gasteiger partial charge >= 0.3 is 5.97 Å². The highest BCUT2D eigenvalue weighted by Crippen LogP contribution is 2.43. The molecule has 2 N–H and O–H groups in total. The van der Waals surface area contributed by atoms with Crippen molar-refractivity contribution in [3.8, 4) is 17.1 Å². The van der Waals surface area contributed by atoms with Gasteiger partial charge in [0, 0.05) is 17.4 Å². The Bertz CT molecular complexity index is 1340. The van der Waals surface area contributed by atoms with Gasteiger partial charge in [0.1, 0.15) is 23.3 Å². The molecule has 1 fully saturated rings. The predicted octanol–water partition coefficient (Wildman–Crippen LogP) is 5.01. The third kappa shape index (κ3) is 3.88. The summed E-state index contributed by atoms with van der Waals surface area (Å²) in [5, 5.41) is 13.6. The van der Waals surface area contributed by atoms with Crippen LogP contribution in [0.4, 0.5) is 5.69 Å². The van der Waals surface area contributed by atoms with Crippen LogP contribution in [-0.2, 0) is 4.74 Å². The number of benzene rings is 2. The largest absolute Gasteiger partial charge is 0.508 e. The fourth-order valence-electron chi connectivity index (χ4n) is 4.18. The van der Waals surface area contributed by atoms with E-state index in [9.17, 15) is 9.90 Å². The highest BCUT2D eigenvalue weighted by atomic mass is 32.1. The molecule has 0 spiro atoms. The third-order valence-electron chi connectivity index (χ3n) is 5.74. The first-order valence-electron chi connectivity index (χ1n) is 10.6. The van der Waals surface area contributed by atoms with Crippen LogP contribution in [0.3, 0.4) is 0 Å². The Morgan fingerprint density at radius 3 is 2.56 bits per heavy atom. The first kappa shape index (κ1) is 21.7. The number of hydrogen-bond acceptors (Lipinski definition) is 6. The van der Waals surface area contributed by atoms with E-state index >= 15 is 0 Å². The lowest BCUT2D eigenvalue weighted by molar-refractivity contribution is 0.0601. The molecule has 34 heavy (non-hydrogen) atoms. The van der Waals surface area contributed by atoms with Gasteiger partial charge in [-0.2, -0.15) is 0 Å². The van der Waals surface area contributed by atoms with Gasteiger partial charge in [-0.15, -0.1) is 0 Å². The summed E-state index contributed by atoms with van der Waals surface area (Å²) in [6.07, 6.45) is 1.74. The molecule has 1 aliphatic heterocycles. The third-order valence-corrected chi connectivity index (χ3v) is 6.06. The molecule has 2 aromatic carbocycles. The number of carbonyl (C=O) groups excluding carboxylic acids is 1. The summed E-state index contributed by atoms with van der Waals surface area (Å²) in [6, 6.07) is 22.8. The highest BCUT2D eigenvalue weighted by Gasteiger charge is 2.42. The van der Waals surface area contributed by atoms with Crippen molar-refractivity contribution >= 4 is 29.0 Å². The van der Waals surface area contributed by atoms with Crippen LogP contribution in [0.15, 0.2) is 89.5 Å². The summed E-state index contributed by atoms with van der Waals surface area (Å²) in [7, 11) is 1.35. The molecule has 170 valence electrons. The van der Waals surface area contributed by atoms with Gasteiger partial charge in [0.15, 0.2) is 5.11 Å². The van der Waals surface area contributed by atoms with Crippen molar-refractivity contribution in [2.45, 2.75) is 12.1 Å². The van der Waals surface area contributed by atoms with Gasteiger partial charge in [-0.1, -0.05) is 24.3 Å². The van der Waals surface area contributed by atoms with Crippen LogP contribution in [0, 0.1) is 0 Å². The Kier molecular flexibility index (Phi) is 5.73. The molecule has 7 nitrogen and oxygen atoms in total.